The first-order valence-electron chi connectivity index (χ1n) is 5.64. The van der Waals surface area contributed by atoms with Crippen molar-refractivity contribution in [3.8, 4) is 0 Å². The molecule has 0 saturated carbocycles. The lowest BCUT2D eigenvalue weighted by molar-refractivity contribution is 0.0832. The van der Waals surface area contributed by atoms with E-state index in [1.165, 1.54) is 5.56 Å². The van der Waals surface area contributed by atoms with E-state index in [0.717, 1.165) is 38.9 Å². The summed E-state index contributed by atoms with van der Waals surface area (Å²) < 4.78 is 0. The second-order valence-corrected chi connectivity index (χ2v) is 4.18. The molecule has 0 aliphatic carbocycles. The number of nitrogens with zero attached hydrogens (tertiary/aromatic N) is 2. The van der Waals surface area contributed by atoms with Gasteiger partial charge in [0.25, 0.3) is 0 Å². The van der Waals surface area contributed by atoms with Crippen LogP contribution in [-0.4, -0.2) is 40.7 Å². The van der Waals surface area contributed by atoms with Crippen LogP contribution in [0.1, 0.15) is 18.4 Å². The number of hydrogen-bond donors (Lipinski definition) is 1. The van der Waals surface area contributed by atoms with Gasteiger partial charge in [0.2, 0.25) is 0 Å². The summed E-state index contributed by atoms with van der Waals surface area (Å²) in [6, 6.07) is 4.14. The van der Waals surface area contributed by atoms with E-state index in [-0.39, 0.29) is 6.10 Å². The second kappa shape index (κ2) is 5.24. The standard InChI is InChI=1S/C12H18N2O/c15-12-4-9-14(10-5-12)8-3-11-1-6-13-7-2-11/h1-2,6-7,12,15H,3-5,8-10H2. The SMILES string of the molecule is OC1CCN(CCc2ccncc2)CC1. The highest BCUT2D eigenvalue weighted by Crippen LogP contribution is 2.10. The molecule has 0 spiro atoms. The maximum atomic E-state index is 9.38. The van der Waals surface area contributed by atoms with Gasteiger partial charge in [-0.3, -0.25) is 4.98 Å². The Morgan fingerprint density at radius 1 is 1.27 bits per heavy atom. The predicted molar refractivity (Wildman–Crippen MR) is 59.6 cm³/mol. The molecule has 15 heavy (non-hydrogen) atoms. The summed E-state index contributed by atoms with van der Waals surface area (Å²) in [6.07, 6.45) is 6.55. The van der Waals surface area contributed by atoms with Gasteiger partial charge in [-0.25, -0.2) is 0 Å². The average molecular weight is 206 g/mol. The molecule has 1 aromatic heterocycles. The fraction of sp³-hybridized carbons (Fsp3) is 0.583. The molecule has 1 aliphatic rings. The summed E-state index contributed by atoms with van der Waals surface area (Å²) >= 11 is 0. The number of likely N-dealkylation sites (tertiary alicyclic amines) is 1. The molecule has 0 unspecified atom stereocenters. The van der Waals surface area contributed by atoms with Crippen LogP contribution in [0.15, 0.2) is 24.5 Å². The highest BCUT2D eigenvalue weighted by molar-refractivity contribution is 5.09. The van der Waals surface area contributed by atoms with Crippen LogP contribution >= 0.6 is 0 Å². The number of piperidine rings is 1. The Morgan fingerprint density at radius 2 is 1.93 bits per heavy atom. The lowest BCUT2D eigenvalue weighted by Gasteiger charge is -2.29. The zero-order valence-corrected chi connectivity index (χ0v) is 8.97. The summed E-state index contributed by atoms with van der Waals surface area (Å²) in [5, 5.41) is 9.38. The smallest absolute Gasteiger partial charge is 0.0564 e. The number of pyridine rings is 1. The van der Waals surface area contributed by atoms with E-state index in [1.54, 1.807) is 0 Å². The van der Waals surface area contributed by atoms with Crippen molar-refractivity contribution in [3.63, 3.8) is 0 Å². The van der Waals surface area contributed by atoms with Crippen molar-refractivity contribution >= 4 is 0 Å². The lowest BCUT2D eigenvalue weighted by atomic mass is 10.1. The second-order valence-electron chi connectivity index (χ2n) is 4.18. The highest BCUT2D eigenvalue weighted by Gasteiger charge is 2.16. The fourth-order valence-electron chi connectivity index (χ4n) is 1.98. The monoisotopic (exact) mass is 206 g/mol. The van der Waals surface area contributed by atoms with Crippen molar-refractivity contribution in [1.82, 2.24) is 9.88 Å². The first-order valence-corrected chi connectivity index (χ1v) is 5.64. The van der Waals surface area contributed by atoms with E-state index < -0.39 is 0 Å². The number of rotatable bonds is 3. The summed E-state index contributed by atoms with van der Waals surface area (Å²) in [6.45, 7) is 3.16. The van der Waals surface area contributed by atoms with E-state index >= 15 is 0 Å². The Kier molecular flexibility index (Phi) is 3.69. The predicted octanol–water partition coefficient (Wildman–Crippen LogP) is 1.08. The lowest BCUT2D eigenvalue weighted by Crippen LogP contribution is -2.37. The molecule has 0 bridgehead atoms. The maximum absolute atomic E-state index is 9.38. The minimum Gasteiger partial charge on any atom is -0.393 e. The minimum atomic E-state index is -0.0674. The topological polar surface area (TPSA) is 36.4 Å². The number of aliphatic hydroxyl groups is 1. The molecule has 1 saturated heterocycles. The van der Waals surface area contributed by atoms with Crippen molar-refractivity contribution in [2.24, 2.45) is 0 Å². The minimum absolute atomic E-state index is 0.0674. The molecule has 0 radical (unpaired) electrons. The van der Waals surface area contributed by atoms with Gasteiger partial charge in [-0.15, -0.1) is 0 Å². The average Bonchev–Trinajstić information content (AvgIpc) is 2.30. The summed E-state index contributed by atoms with van der Waals surface area (Å²) in [4.78, 5) is 6.43. The van der Waals surface area contributed by atoms with E-state index in [0.29, 0.717) is 0 Å². The third-order valence-electron chi connectivity index (χ3n) is 3.02. The first kappa shape index (κ1) is 10.6. The molecule has 1 N–H and O–H groups in total. The number of hydrogen-bond acceptors (Lipinski definition) is 3. The quantitative estimate of drug-likeness (QED) is 0.804. The zero-order chi connectivity index (χ0) is 10.5. The van der Waals surface area contributed by atoms with E-state index in [9.17, 15) is 5.11 Å². The van der Waals surface area contributed by atoms with Crippen molar-refractivity contribution in [2.45, 2.75) is 25.4 Å². The van der Waals surface area contributed by atoms with Gasteiger partial charge in [0.1, 0.15) is 0 Å². The molecular formula is C12H18N2O. The molecule has 1 aliphatic heterocycles. The van der Waals surface area contributed by atoms with E-state index in [1.807, 2.05) is 12.4 Å². The van der Waals surface area contributed by atoms with Gasteiger partial charge >= 0.3 is 0 Å². The molecule has 3 heteroatoms. The largest absolute Gasteiger partial charge is 0.393 e. The van der Waals surface area contributed by atoms with Crippen molar-refractivity contribution < 1.29 is 5.11 Å². The van der Waals surface area contributed by atoms with Crippen LogP contribution in [0.3, 0.4) is 0 Å². The Hall–Kier alpha value is -0.930. The maximum Gasteiger partial charge on any atom is 0.0564 e. The molecule has 1 fully saturated rings. The third kappa shape index (κ3) is 3.29. The van der Waals surface area contributed by atoms with Crippen LogP contribution < -0.4 is 0 Å². The van der Waals surface area contributed by atoms with Crippen molar-refractivity contribution in [1.29, 1.82) is 0 Å². The van der Waals surface area contributed by atoms with Crippen LogP contribution in [0.4, 0.5) is 0 Å². The molecule has 2 rings (SSSR count). The molecule has 0 aromatic carbocycles. The van der Waals surface area contributed by atoms with Crippen LogP contribution in [0.5, 0.6) is 0 Å². The Labute approximate surface area is 90.8 Å². The van der Waals surface area contributed by atoms with E-state index in [4.69, 9.17) is 0 Å². The first-order chi connectivity index (χ1) is 7.34. The van der Waals surface area contributed by atoms with Gasteiger partial charge < -0.3 is 10.0 Å². The molecular weight excluding hydrogens is 188 g/mol. The summed E-state index contributed by atoms with van der Waals surface area (Å²) in [7, 11) is 0. The van der Waals surface area contributed by atoms with Crippen molar-refractivity contribution in [2.75, 3.05) is 19.6 Å². The van der Waals surface area contributed by atoms with E-state index in [2.05, 4.69) is 22.0 Å². The Morgan fingerprint density at radius 3 is 2.60 bits per heavy atom. The van der Waals surface area contributed by atoms with Crippen molar-refractivity contribution in [3.05, 3.63) is 30.1 Å². The fourth-order valence-corrected chi connectivity index (χ4v) is 1.98. The van der Waals surface area contributed by atoms with Gasteiger partial charge in [0.05, 0.1) is 6.10 Å². The molecule has 1 aromatic rings. The van der Waals surface area contributed by atoms with Gasteiger partial charge in [-0.2, -0.15) is 0 Å². The summed E-state index contributed by atoms with van der Waals surface area (Å²) in [5.74, 6) is 0. The van der Waals surface area contributed by atoms with Gasteiger partial charge in [-0.05, 0) is 37.0 Å². The third-order valence-corrected chi connectivity index (χ3v) is 3.02. The number of aromatic nitrogens is 1. The number of aliphatic hydroxyl groups excluding tert-OH is 1. The van der Waals surface area contributed by atoms with Gasteiger partial charge in [0.15, 0.2) is 0 Å². The normalized spacial score (nSPS) is 19.3. The molecule has 3 nitrogen and oxygen atoms in total. The van der Waals surface area contributed by atoms with Crippen LogP contribution in [0.25, 0.3) is 0 Å². The molecule has 2 heterocycles. The summed E-state index contributed by atoms with van der Waals surface area (Å²) in [5.41, 5.74) is 1.34. The highest BCUT2D eigenvalue weighted by atomic mass is 16.3. The van der Waals surface area contributed by atoms with Crippen LogP contribution in [-0.2, 0) is 6.42 Å². The van der Waals surface area contributed by atoms with Crippen LogP contribution in [0, 0.1) is 0 Å². The molecule has 0 atom stereocenters. The molecule has 0 amide bonds. The Balaban J connectivity index is 1.74. The van der Waals surface area contributed by atoms with Gasteiger partial charge in [-0.1, -0.05) is 0 Å². The van der Waals surface area contributed by atoms with Crippen LogP contribution in [0.2, 0.25) is 0 Å². The zero-order valence-electron chi connectivity index (χ0n) is 8.97. The molecule has 82 valence electrons. The Bertz CT molecular complexity index is 281. The van der Waals surface area contributed by atoms with Gasteiger partial charge in [0, 0.05) is 32.0 Å².